The molecule has 2 aromatic rings. The van der Waals surface area contributed by atoms with Gasteiger partial charge in [0.05, 0.1) is 16.8 Å². The van der Waals surface area contributed by atoms with Crippen LogP contribution in [0.2, 0.25) is 5.02 Å². The van der Waals surface area contributed by atoms with E-state index in [-0.39, 0.29) is 11.9 Å². The van der Waals surface area contributed by atoms with Gasteiger partial charge in [-0.2, -0.15) is 0 Å². The average molecular weight is 330 g/mol. The molecule has 3 N–H and O–H groups in total. The molecule has 0 radical (unpaired) electrons. The van der Waals surface area contributed by atoms with Crippen LogP contribution in [0.1, 0.15) is 18.4 Å². The summed E-state index contributed by atoms with van der Waals surface area (Å²) in [5, 5.41) is 10.00. The average Bonchev–Trinajstić information content (AvgIpc) is 3.10. The Labute approximate surface area is 141 Å². The van der Waals surface area contributed by atoms with Crippen LogP contribution in [0.4, 0.5) is 11.4 Å². The lowest BCUT2D eigenvalue weighted by Gasteiger charge is -2.13. The number of anilines is 2. The summed E-state index contributed by atoms with van der Waals surface area (Å²) in [5.74, 6) is 0.00330. The van der Waals surface area contributed by atoms with Crippen LogP contribution in [0, 0.1) is 0 Å². The molecule has 0 spiro atoms. The Hall–Kier alpha value is -2.04. The Balaban J connectivity index is 1.60. The van der Waals surface area contributed by atoms with Gasteiger partial charge in [-0.05, 0) is 43.1 Å². The minimum absolute atomic E-state index is 0.00330. The van der Waals surface area contributed by atoms with E-state index in [1.54, 1.807) is 6.07 Å². The van der Waals surface area contributed by atoms with Crippen LogP contribution in [-0.4, -0.2) is 18.5 Å². The van der Waals surface area contributed by atoms with Crippen LogP contribution < -0.4 is 16.0 Å². The topological polar surface area (TPSA) is 53.2 Å². The molecule has 1 amide bonds. The smallest absolute Gasteiger partial charge is 0.241 e. The zero-order valence-corrected chi connectivity index (χ0v) is 13.6. The predicted octanol–water partition coefficient (Wildman–Crippen LogP) is 3.64. The fourth-order valence-electron chi connectivity index (χ4n) is 2.67. The molecule has 2 aromatic carbocycles. The van der Waals surface area contributed by atoms with Crippen molar-refractivity contribution in [2.75, 3.05) is 17.2 Å². The van der Waals surface area contributed by atoms with Crippen molar-refractivity contribution in [2.24, 2.45) is 0 Å². The van der Waals surface area contributed by atoms with E-state index in [2.05, 4.69) is 28.1 Å². The Kier molecular flexibility index (Phi) is 5.16. The fraction of sp³-hybridized carbons (Fsp3) is 0.278. The fourth-order valence-corrected chi connectivity index (χ4v) is 2.91. The first-order valence-corrected chi connectivity index (χ1v) is 8.22. The SMILES string of the molecule is O=C(Nc1ccc(NCc2ccccc2)c(Cl)c1)[C@@H]1CCCN1. The van der Waals surface area contributed by atoms with Crippen LogP contribution in [-0.2, 0) is 11.3 Å². The number of nitrogens with one attached hydrogen (secondary N) is 3. The maximum atomic E-state index is 12.1. The van der Waals surface area contributed by atoms with Crippen LogP contribution >= 0.6 is 11.6 Å². The van der Waals surface area contributed by atoms with Crippen molar-refractivity contribution in [3.63, 3.8) is 0 Å². The molecule has 1 heterocycles. The number of carbonyl (C=O) groups excluding carboxylic acids is 1. The van der Waals surface area contributed by atoms with Gasteiger partial charge in [0.1, 0.15) is 0 Å². The van der Waals surface area contributed by atoms with E-state index in [0.717, 1.165) is 30.8 Å². The zero-order chi connectivity index (χ0) is 16.1. The summed E-state index contributed by atoms with van der Waals surface area (Å²) in [6.45, 7) is 1.61. The minimum Gasteiger partial charge on any atom is -0.380 e. The van der Waals surface area contributed by atoms with Gasteiger partial charge in [-0.25, -0.2) is 0 Å². The maximum Gasteiger partial charge on any atom is 0.241 e. The molecule has 1 aliphatic heterocycles. The van der Waals surface area contributed by atoms with Gasteiger partial charge in [0.2, 0.25) is 5.91 Å². The Morgan fingerprint density at radius 2 is 2.04 bits per heavy atom. The highest BCUT2D eigenvalue weighted by molar-refractivity contribution is 6.33. The van der Waals surface area contributed by atoms with E-state index < -0.39 is 0 Å². The first-order chi connectivity index (χ1) is 11.2. The lowest BCUT2D eigenvalue weighted by atomic mass is 10.2. The molecule has 0 bridgehead atoms. The zero-order valence-electron chi connectivity index (χ0n) is 12.8. The van der Waals surface area contributed by atoms with Gasteiger partial charge in [-0.1, -0.05) is 41.9 Å². The summed E-state index contributed by atoms with van der Waals surface area (Å²) in [4.78, 5) is 12.1. The highest BCUT2D eigenvalue weighted by Gasteiger charge is 2.21. The monoisotopic (exact) mass is 329 g/mol. The summed E-state index contributed by atoms with van der Waals surface area (Å²) in [6.07, 6.45) is 1.93. The molecule has 1 saturated heterocycles. The second-order valence-electron chi connectivity index (χ2n) is 5.67. The summed E-state index contributed by atoms with van der Waals surface area (Å²) < 4.78 is 0. The van der Waals surface area contributed by atoms with E-state index >= 15 is 0 Å². The van der Waals surface area contributed by atoms with Gasteiger partial charge < -0.3 is 16.0 Å². The van der Waals surface area contributed by atoms with Gasteiger partial charge in [-0.15, -0.1) is 0 Å². The number of hydrogen-bond acceptors (Lipinski definition) is 3. The maximum absolute atomic E-state index is 12.1. The van der Waals surface area contributed by atoms with Gasteiger partial charge in [0.25, 0.3) is 0 Å². The number of carbonyl (C=O) groups is 1. The molecular formula is C18H20ClN3O. The highest BCUT2D eigenvalue weighted by Crippen LogP contribution is 2.26. The van der Waals surface area contributed by atoms with Gasteiger partial charge >= 0.3 is 0 Å². The van der Waals surface area contributed by atoms with Gasteiger partial charge in [-0.3, -0.25) is 4.79 Å². The number of halogens is 1. The summed E-state index contributed by atoms with van der Waals surface area (Å²) in [7, 11) is 0. The Morgan fingerprint density at radius 3 is 2.74 bits per heavy atom. The van der Waals surface area contributed by atoms with Crippen LogP contribution in [0.3, 0.4) is 0 Å². The molecule has 0 aromatic heterocycles. The second kappa shape index (κ2) is 7.49. The Morgan fingerprint density at radius 1 is 1.22 bits per heavy atom. The normalized spacial score (nSPS) is 17.0. The number of hydrogen-bond donors (Lipinski definition) is 3. The molecule has 120 valence electrons. The van der Waals surface area contributed by atoms with E-state index in [0.29, 0.717) is 11.6 Å². The predicted molar refractivity (Wildman–Crippen MR) is 94.9 cm³/mol. The molecule has 3 rings (SSSR count). The molecule has 5 heteroatoms. The van der Waals surface area contributed by atoms with Crippen molar-refractivity contribution in [3.8, 4) is 0 Å². The van der Waals surface area contributed by atoms with Gasteiger partial charge in [0, 0.05) is 12.2 Å². The first-order valence-electron chi connectivity index (χ1n) is 7.84. The third kappa shape index (κ3) is 4.24. The molecule has 0 unspecified atom stereocenters. The second-order valence-corrected chi connectivity index (χ2v) is 6.08. The number of amides is 1. The molecule has 0 saturated carbocycles. The largest absolute Gasteiger partial charge is 0.380 e. The third-order valence-corrected chi connectivity index (χ3v) is 4.25. The van der Waals surface area contributed by atoms with Crippen molar-refractivity contribution in [2.45, 2.75) is 25.4 Å². The third-order valence-electron chi connectivity index (χ3n) is 3.94. The van der Waals surface area contributed by atoms with Crippen molar-refractivity contribution >= 4 is 28.9 Å². The van der Waals surface area contributed by atoms with Crippen LogP contribution in [0.5, 0.6) is 0 Å². The molecule has 4 nitrogen and oxygen atoms in total. The Bertz CT molecular complexity index is 669. The van der Waals surface area contributed by atoms with Crippen molar-refractivity contribution in [3.05, 3.63) is 59.1 Å². The lowest BCUT2D eigenvalue weighted by Crippen LogP contribution is -2.35. The highest BCUT2D eigenvalue weighted by atomic mass is 35.5. The van der Waals surface area contributed by atoms with E-state index in [1.165, 1.54) is 5.56 Å². The van der Waals surface area contributed by atoms with Gasteiger partial charge in [0.15, 0.2) is 0 Å². The molecule has 1 aliphatic rings. The van der Waals surface area contributed by atoms with E-state index in [1.807, 2.05) is 30.3 Å². The van der Waals surface area contributed by atoms with Crippen molar-refractivity contribution in [1.82, 2.24) is 5.32 Å². The standard InChI is InChI=1S/C18H20ClN3O/c19-15-11-14(22-18(23)17-7-4-10-20-17)8-9-16(15)21-12-13-5-2-1-3-6-13/h1-3,5-6,8-9,11,17,20-21H,4,7,10,12H2,(H,22,23)/t17-/m0/s1. The molecular weight excluding hydrogens is 310 g/mol. The minimum atomic E-state index is -0.0929. The van der Waals surface area contributed by atoms with Crippen LogP contribution in [0.25, 0.3) is 0 Å². The molecule has 1 fully saturated rings. The first kappa shape index (κ1) is 15.8. The molecule has 1 atom stereocenters. The summed E-state index contributed by atoms with van der Waals surface area (Å²) in [5.41, 5.74) is 2.76. The summed E-state index contributed by atoms with van der Waals surface area (Å²) in [6, 6.07) is 15.6. The van der Waals surface area contributed by atoms with Crippen molar-refractivity contribution in [1.29, 1.82) is 0 Å². The number of benzene rings is 2. The molecule has 23 heavy (non-hydrogen) atoms. The van der Waals surface area contributed by atoms with Crippen LogP contribution in [0.15, 0.2) is 48.5 Å². The summed E-state index contributed by atoms with van der Waals surface area (Å²) >= 11 is 6.31. The van der Waals surface area contributed by atoms with E-state index in [9.17, 15) is 4.79 Å². The molecule has 0 aliphatic carbocycles. The van der Waals surface area contributed by atoms with Crippen molar-refractivity contribution < 1.29 is 4.79 Å². The number of rotatable bonds is 5. The van der Waals surface area contributed by atoms with E-state index in [4.69, 9.17) is 11.6 Å². The quantitative estimate of drug-likeness (QED) is 0.785. The lowest BCUT2D eigenvalue weighted by molar-refractivity contribution is -0.117.